The van der Waals surface area contributed by atoms with Crippen LogP contribution in [0.5, 0.6) is 0 Å². The summed E-state index contributed by atoms with van der Waals surface area (Å²) in [5.41, 5.74) is -0.114. The maximum Gasteiger partial charge on any atom is 0.242 e. The highest BCUT2D eigenvalue weighted by Gasteiger charge is 2.37. The highest BCUT2D eigenvalue weighted by molar-refractivity contribution is 7.89. The van der Waals surface area contributed by atoms with Crippen LogP contribution in [-0.4, -0.2) is 44.5 Å². The molecule has 1 heterocycles. The van der Waals surface area contributed by atoms with Gasteiger partial charge in [-0.3, -0.25) is 0 Å². The number of pyridine rings is 1. The van der Waals surface area contributed by atoms with Gasteiger partial charge in [0.05, 0.1) is 5.02 Å². The van der Waals surface area contributed by atoms with Gasteiger partial charge < -0.3 is 4.90 Å². The van der Waals surface area contributed by atoms with Gasteiger partial charge >= 0.3 is 0 Å². The van der Waals surface area contributed by atoms with Gasteiger partial charge in [-0.1, -0.05) is 36.0 Å². The Balaban J connectivity index is 2.15. The molecule has 1 fully saturated rings. The van der Waals surface area contributed by atoms with Crippen molar-refractivity contribution in [2.24, 2.45) is 0 Å². The maximum atomic E-state index is 12.3. The summed E-state index contributed by atoms with van der Waals surface area (Å²) in [6, 6.07) is 1.32. The zero-order chi connectivity index (χ0) is 15.7. The van der Waals surface area contributed by atoms with Crippen LogP contribution in [0.15, 0.2) is 17.2 Å². The number of sulfonamides is 1. The largest absolute Gasteiger partial charge is 0.302 e. The minimum Gasteiger partial charge on any atom is -0.302 e. The van der Waals surface area contributed by atoms with E-state index in [1.807, 2.05) is 14.1 Å². The van der Waals surface area contributed by atoms with Crippen molar-refractivity contribution >= 4 is 33.2 Å². The molecule has 0 aromatic carbocycles. The first-order valence-corrected chi connectivity index (χ1v) is 8.99. The zero-order valence-corrected chi connectivity index (χ0v) is 14.4. The van der Waals surface area contributed by atoms with Crippen LogP contribution in [-0.2, 0) is 10.0 Å². The van der Waals surface area contributed by atoms with E-state index in [9.17, 15) is 8.42 Å². The molecule has 118 valence electrons. The van der Waals surface area contributed by atoms with Gasteiger partial charge in [0.25, 0.3) is 0 Å². The highest BCUT2D eigenvalue weighted by atomic mass is 35.5. The molecule has 0 atom stereocenters. The van der Waals surface area contributed by atoms with Crippen molar-refractivity contribution in [2.75, 3.05) is 20.6 Å². The van der Waals surface area contributed by atoms with E-state index in [1.54, 1.807) is 0 Å². The molecular weight excluding hydrogens is 333 g/mol. The first-order chi connectivity index (χ1) is 9.77. The lowest BCUT2D eigenvalue weighted by molar-refractivity contribution is 0.162. The molecule has 21 heavy (non-hydrogen) atoms. The number of nitrogens with zero attached hydrogens (tertiary/aromatic N) is 2. The van der Waals surface area contributed by atoms with Gasteiger partial charge in [0.2, 0.25) is 10.0 Å². The Kier molecular flexibility index (Phi) is 5.15. The molecule has 0 aliphatic heterocycles. The van der Waals surface area contributed by atoms with Crippen LogP contribution in [0.25, 0.3) is 0 Å². The topological polar surface area (TPSA) is 62.3 Å². The molecule has 1 N–H and O–H groups in total. The molecule has 8 heteroatoms. The second kappa shape index (κ2) is 6.38. The quantitative estimate of drug-likeness (QED) is 0.828. The third-order valence-corrected chi connectivity index (χ3v) is 6.21. The lowest BCUT2D eigenvalue weighted by Gasteiger charge is -2.36. The lowest BCUT2D eigenvalue weighted by atomic mass is 9.97. The molecule has 1 aliphatic rings. The molecule has 0 radical (unpaired) electrons. The number of rotatable bonds is 5. The summed E-state index contributed by atoms with van der Waals surface area (Å²) >= 11 is 11.5. The van der Waals surface area contributed by atoms with Crippen molar-refractivity contribution < 1.29 is 8.42 Å². The number of aromatic nitrogens is 1. The van der Waals surface area contributed by atoms with E-state index in [2.05, 4.69) is 14.6 Å². The van der Waals surface area contributed by atoms with Crippen molar-refractivity contribution in [3.8, 4) is 0 Å². The summed E-state index contributed by atoms with van der Waals surface area (Å²) in [7, 11) is 0.332. The number of hydrogen-bond donors (Lipinski definition) is 1. The Morgan fingerprint density at radius 3 is 2.48 bits per heavy atom. The van der Waals surface area contributed by atoms with E-state index >= 15 is 0 Å². The van der Waals surface area contributed by atoms with Crippen molar-refractivity contribution in [2.45, 2.75) is 36.1 Å². The van der Waals surface area contributed by atoms with Crippen molar-refractivity contribution in [1.82, 2.24) is 14.6 Å². The van der Waals surface area contributed by atoms with Gasteiger partial charge in [0.15, 0.2) is 0 Å². The normalized spacial score (nSPS) is 18.3. The summed E-state index contributed by atoms with van der Waals surface area (Å²) < 4.78 is 27.4. The average molecular weight is 352 g/mol. The molecule has 1 aliphatic carbocycles. The standard InChI is InChI=1S/C13H19Cl2N3O2S/c1-18(2)13(5-3-4-6-13)9-17-21(19,20)10-7-11(14)12(15)16-8-10/h7-8,17H,3-6,9H2,1-2H3. The summed E-state index contributed by atoms with van der Waals surface area (Å²) in [6.07, 6.45) is 5.43. The fourth-order valence-corrected chi connectivity index (χ4v) is 4.10. The molecule has 0 amide bonds. The molecular formula is C13H19Cl2N3O2S. The van der Waals surface area contributed by atoms with Crippen LogP contribution in [0.4, 0.5) is 0 Å². The minimum absolute atomic E-state index is 0.0313. The zero-order valence-electron chi connectivity index (χ0n) is 12.1. The molecule has 1 saturated carbocycles. The first-order valence-electron chi connectivity index (χ1n) is 6.75. The van der Waals surface area contributed by atoms with Gasteiger partial charge in [0, 0.05) is 18.3 Å². The molecule has 0 spiro atoms. The van der Waals surface area contributed by atoms with Gasteiger partial charge in [-0.05, 0) is 33.0 Å². The molecule has 1 aromatic heterocycles. The Morgan fingerprint density at radius 1 is 1.33 bits per heavy atom. The maximum absolute atomic E-state index is 12.3. The van der Waals surface area contributed by atoms with Crippen molar-refractivity contribution in [1.29, 1.82) is 0 Å². The fraction of sp³-hybridized carbons (Fsp3) is 0.615. The second-order valence-corrected chi connectivity index (χ2v) is 8.13. The number of hydrogen-bond acceptors (Lipinski definition) is 4. The first kappa shape index (κ1) is 17.0. The van der Waals surface area contributed by atoms with Gasteiger partial charge in [0.1, 0.15) is 10.0 Å². The van der Waals surface area contributed by atoms with Crippen LogP contribution >= 0.6 is 23.2 Å². The Hall–Kier alpha value is -0.400. The van der Waals surface area contributed by atoms with Crippen LogP contribution in [0, 0.1) is 0 Å². The smallest absolute Gasteiger partial charge is 0.242 e. The van der Waals surface area contributed by atoms with E-state index in [4.69, 9.17) is 23.2 Å². The molecule has 0 bridgehead atoms. The minimum atomic E-state index is -3.64. The average Bonchev–Trinajstić information content (AvgIpc) is 2.90. The number of likely N-dealkylation sites (N-methyl/N-ethyl adjacent to an activating group) is 1. The van der Waals surface area contributed by atoms with E-state index in [1.165, 1.54) is 12.3 Å². The van der Waals surface area contributed by atoms with Gasteiger partial charge in [-0.2, -0.15) is 0 Å². The van der Waals surface area contributed by atoms with Gasteiger partial charge in [-0.25, -0.2) is 18.1 Å². The predicted octanol–water partition coefficient (Wildman–Crippen LogP) is 2.54. The number of halogens is 2. The second-order valence-electron chi connectivity index (χ2n) is 5.59. The highest BCUT2D eigenvalue weighted by Crippen LogP contribution is 2.33. The molecule has 2 rings (SSSR count). The SMILES string of the molecule is CN(C)C1(CNS(=O)(=O)c2cnc(Cl)c(Cl)c2)CCCC1. The predicted molar refractivity (Wildman–Crippen MR) is 84.3 cm³/mol. The summed E-state index contributed by atoms with van der Waals surface area (Å²) in [5.74, 6) is 0. The van der Waals surface area contributed by atoms with E-state index in [-0.39, 0.29) is 20.6 Å². The van der Waals surface area contributed by atoms with Crippen LogP contribution in [0.1, 0.15) is 25.7 Å². The Morgan fingerprint density at radius 2 is 1.95 bits per heavy atom. The summed E-state index contributed by atoms with van der Waals surface area (Å²) in [6.45, 7) is 0.378. The van der Waals surface area contributed by atoms with Crippen LogP contribution in [0.2, 0.25) is 10.2 Å². The fourth-order valence-electron chi connectivity index (χ4n) is 2.68. The Bertz CT molecular complexity index is 614. The molecule has 1 aromatic rings. The van der Waals surface area contributed by atoms with Crippen molar-refractivity contribution in [3.05, 3.63) is 22.4 Å². The van der Waals surface area contributed by atoms with E-state index < -0.39 is 10.0 Å². The third-order valence-electron chi connectivity index (χ3n) is 4.16. The molecule has 0 unspecified atom stereocenters. The summed E-state index contributed by atoms with van der Waals surface area (Å²) in [4.78, 5) is 5.92. The Labute approximate surface area is 135 Å². The van der Waals surface area contributed by atoms with Crippen molar-refractivity contribution in [3.63, 3.8) is 0 Å². The third kappa shape index (κ3) is 3.68. The number of nitrogens with one attached hydrogen (secondary N) is 1. The van der Waals surface area contributed by atoms with E-state index in [0.29, 0.717) is 6.54 Å². The van der Waals surface area contributed by atoms with Crippen LogP contribution < -0.4 is 4.72 Å². The lowest BCUT2D eigenvalue weighted by Crippen LogP contribution is -2.50. The molecule has 0 saturated heterocycles. The van der Waals surface area contributed by atoms with Crippen LogP contribution in [0.3, 0.4) is 0 Å². The monoisotopic (exact) mass is 351 g/mol. The van der Waals surface area contributed by atoms with Gasteiger partial charge in [-0.15, -0.1) is 0 Å². The summed E-state index contributed by atoms with van der Waals surface area (Å²) in [5, 5.41) is 0.221. The molecule has 5 nitrogen and oxygen atoms in total. The van der Waals surface area contributed by atoms with E-state index in [0.717, 1.165) is 25.7 Å².